The Bertz CT molecular complexity index is 1220. The van der Waals surface area contributed by atoms with Gasteiger partial charge in [0.25, 0.3) is 5.91 Å². The van der Waals surface area contributed by atoms with Crippen molar-refractivity contribution in [3.05, 3.63) is 65.4 Å². The lowest BCUT2D eigenvalue weighted by atomic mass is 10.1. The number of fused-ring (bicyclic) bond motifs is 2. The number of amides is 1. The van der Waals surface area contributed by atoms with Gasteiger partial charge in [-0.3, -0.25) is 14.6 Å². The molecule has 2 aromatic carbocycles. The van der Waals surface area contributed by atoms with Crippen LogP contribution in [0.15, 0.2) is 47.1 Å². The van der Waals surface area contributed by atoms with Crippen molar-refractivity contribution >= 4 is 5.91 Å². The number of benzene rings is 2. The average molecular weight is 479 g/mol. The monoisotopic (exact) mass is 478 g/mol. The van der Waals surface area contributed by atoms with Gasteiger partial charge in [0.1, 0.15) is 6.26 Å². The summed E-state index contributed by atoms with van der Waals surface area (Å²) in [6, 6.07) is 11.7. The van der Waals surface area contributed by atoms with Gasteiger partial charge in [0, 0.05) is 39.3 Å². The molecule has 1 aromatic heterocycles. The van der Waals surface area contributed by atoms with Crippen LogP contribution >= 0.6 is 0 Å². The third-order valence-corrected chi connectivity index (χ3v) is 6.34. The van der Waals surface area contributed by atoms with Gasteiger partial charge < -0.3 is 28.7 Å². The summed E-state index contributed by atoms with van der Waals surface area (Å²) in [4.78, 5) is 21.6. The highest BCUT2D eigenvalue weighted by molar-refractivity contribution is 5.91. The van der Waals surface area contributed by atoms with Gasteiger partial charge in [-0.05, 0) is 35.4 Å². The van der Waals surface area contributed by atoms with Crippen LogP contribution < -0.4 is 24.3 Å². The second-order valence-electron chi connectivity index (χ2n) is 8.74. The van der Waals surface area contributed by atoms with Crippen molar-refractivity contribution in [1.29, 1.82) is 0 Å². The molecule has 1 fully saturated rings. The molecule has 182 valence electrons. The molecule has 10 nitrogen and oxygen atoms in total. The Kier molecular flexibility index (Phi) is 5.89. The Morgan fingerprint density at radius 3 is 2.11 bits per heavy atom. The van der Waals surface area contributed by atoms with E-state index in [4.69, 9.17) is 23.4 Å². The minimum atomic E-state index is -0.272. The van der Waals surface area contributed by atoms with Crippen molar-refractivity contribution in [3.63, 3.8) is 0 Å². The third kappa shape index (κ3) is 4.89. The molecule has 3 aliphatic heterocycles. The maximum Gasteiger partial charge on any atom is 0.273 e. The van der Waals surface area contributed by atoms with E-state index in [-0.39, 0.29) is 18.4 Å². The second-order valence-corrected chi connectivity index (χ2v) is 8.74. The van der Waals surface area contributed by atoms with E-state index in [9.17, 15) is 4.79 Å². The molecular weight excluding hydrogens is 452 g/mol. The van der Waals surface area contributed by atoms with E-state index < -0.39 is 0 Å². The lowest BCUT2D eigenvalue weighted by Gasteiger charge is -2.34. The van der Waals surface area contributed by atoms with Gasteiger partial charge in [0.05, 0.1) is 6.54 Å². The molecule has 0 spiro atoms. The van der Waals surface area contributed by atoms with Gasteiger partial charge in [-0.1, -0.05) is 12.1 Å². The van der Waals surface area contributed by atoms with Crippen LogP contribution in [0.2, 0.25) is 0 Å². The van der Waals surface area contributed by atoms with E-state index >= 15 is 0 Å². The molecule has 0 atom stereocenters. The van der Waals surface area contributed by atoms with E-state index in [0.717, 1.165) is 55.5 Å². The molecule has 4 heterocycles. The maximum absolute atomic E-state index is 12.5. The number of carbonyl (C=O) groups excluding carboxylic acids is 1. The lowest BCUT2D eigenvalue weighted by Crippen LogP contribution is -2.45. The number of rotatable bonds is 7. The molecule has 10 heteroatoms. The van der Waals surface area contributed by atoms with E-state index in [2.05, 4.69) is 32.2 Å². The highest BCUT2D eigenvalue weighted by Crippen LogP contribution is 2.33. The largest absolute Gasteiger partial charge is 0.454 e. The molecule has 6 rings (SSSR count). The number of nitrogens with zero attached hydrogens (tertiary/aromatic N) is 3. The van der Waals surface area contributed by atoms with Crippen LogP contribution in [0.5, 0.6) is 23.0 Å². The van der Waals surface area contributed by atoms with Crippen molar-refractivity contribution in [2.24, 2.45) is 0 Å². The SMILES string of the molecule is O=C(NCc1ccc2c(c1)OCO2)c1coc(CN2CCN(Cc3ccc4c(c3)OCO4)CC2)n1. The van der Waals surface area contributed by atoms with Crippen molar-refractivity contribution in [2.45, 2.75) is 19.6 Å². The number of oxazole rings is 1. The number of hydrogen-bond acceptors (Lipinski definition) is 9. The molecule has 0 radical (unpaired) electrons. The Morgan fingerprint density at radius 1 is 0.800 bits per heavy atom. The van der Waals surface area contributed by atoms with Gasteiger partial charge in [0.2, 0.25) is 19.5 Å². The number of aromatic nitrogens is 1. The minimum absolute atomic E-state index is 0.224. The zero-order chi connectivity index (χ0) is 23.6. The smallest absolute Gasteiger partial charge is 0.273 e. The van der Waals surface area contributed by atoms with Gasteiger partial charge in [-0.15, -0.1) is 0 Å². The Hall–Kier alpha value is -3.76. The summed E-state index contributed by atoms with van der Waals surface area (Å²) in [6.45, 7) is 6.02. The number of hydrogen-bond donors (Lipinski definition) is 1. The van der Waals surface area contributed by atoms with Crippen molar-refractivity contribution in [3.8, 4) is 23.0 Å². The van der Waals surface area contributed by atoms with E-state index in [1.807, 2.05) is 24.3 Å². The minimum Gasteiger partial charge on any atom is -0.454 e. The standard InChI is InChI=1S/C25H26N4O6/c30-25(26-11-17-1-3-20-22(9-17)34-15-32-20)19-14-31-24(27-19)13-29-7-5-28(6-8-29)12-18-2-4-21-23(10-18)35-16-33-21/h1-4,9-10,14H,5-8,11-13,15-16H2,(H,26,30). The molecule has 35 heavy (non-hydrogen) atoms. The normalized spacial score (nSPS) is 17.0. The molecule has 0 aliphatic carbocycles. The maximum atomic E-state index is 12.5. The first-order valence-corrected chi connectivity index (χ1v) is 11.6. The molecular formula is C25H26N4O6. The van der Waals surface area contributed by atoms with Crippen LogP contribution in [0.1, 0.15) is 27.5 Å². The molecule has 0 saturated carbocycles. The molecule has 3 aromatic rings. The fourth-order valence-corrected chi connectivity index (χ4v) is 4.41. The summed E-state index contributed by atoms with van der Waals surface area (Å²) in [5, 5.41) is 2.87. The topological polar surface area (TPSA) is 98.5 Å². The number of carbonyl (C=O) groups is 1. The Labute approximate surface area is 202 Å². The van der Waals surface area contributed by atoms with Crippen LogP contribution in [0.3, 0.4) is 0 Å². The fourth-order valence-electron chi connectivity index (χ4n) is 4.41. The Morgan fingerprint density at radius 2 is 1.40 bits per heavy atom. The second kappa shape index (κ2) is 9.47. The highest BCUT2D eigenvalue weighted by atomic mass is 16.7. The summed E-state index contributed by atoms with van der Waals surface area (Å²) >= 11 is 0. The van der Waals surface area contributed by atoms with Crippen molar-refractivity contribution in [1.82, 2.24) is 20.1 Å². The van der Waals surface area contributed by atoms with Gasteiger partial charge >= 0.3 is 0 Å². The van der Waals surface area contributed by atoms with Gasteiger partial charge in [-0.25, -0.2) is 4.98 Å². The number of ether oxygens (including phenoxy) is 4. The zero-order valence-electron chi connectivity index (χ0n) is 19.2. The van der Waals surface area contributed by atoms with Crippen LogP contribution in [-0.2, 0) is 19.6 Å². The Balaban J connectivity index is 0.965. The van der Waals surface area contributed by atoms with Crippen molar-refractivity contribution in [2.75, 3.05) is 39.8 Å². The average Bonchev–Trinajstić information content (AvgIpc) is 3.64. The van der Waals surface area contributed by atoms with E-state index in [1.165, 1.54) is 11.8 Å². The molecule has 1 amide bonds. The molecule has 1 N–H and O–H groups in total. The van der Waals surface area contributed by atoms with Gasteiger partial charge in [0.15, 0.2) is 28.7 Å². The first kappa shape index (κ1) is 21.8. The number of piperazine rings is 1. The van der Waals surface area contributed by atoms with Gasteiger partial charge in [-0.2, -0.15) is 0 Å². The zero-order valence-corrected chi connectivity index (χ0v) is 19.2. The van der Waals surface area contributed by atoms with Crippen LogP contribution in [0.4, 0.5) is 0 Å². The quantitative estimate of drug-likeness (QED) is 0.549. The molecule has 1 saturated heterocycles. The molecule has 3 aliphatic rings. The molecule has 0 bridgehead atoms. The first-order valence-electron chi connectivity index (χ1n) is 11.6. The lowest BCUT2D eigenvalue weighted by molar-refractivity contribution is 0.0945. The summed E-state index contributed by atoms with van der Waals surface area (Å²) in [5.74, 6) is 3.31. The molecule has 0 unspecified atom stereocenters. The summed E-state index contributed by atoms with van der Waals surface area (Å²) in [5.41, 5.74) is 2.42. The fraction of sp³-hybridized carbons (Fsp3) is 0.360. The van der Waals surface area contributed by atoms with Crippen molar-refractivity contribution < 1.29 is 28.2 Å². The van der Waals surface area contributed by atoms with Crippen LogP contribution in [-0.4, -0.2) is 60.5 Å². The van der Waals surface area contributed by atoms with E-state index in [0.29, 0.717) is 31.5 Å². The summed E-state index contributed by atoms with van der Waals surface area (Å²) < 4.78 is 27.1. The predicted octanol–water partition coefficient (Wildman–Crippen LogP) is 2.38. The summed E-state index contributed by atoms with van der Waals surface area (Å²) in [6.07, 6.45) is 1.42. The van der Waals surface area contributed by atoms with E-state index in [1.54, 1.807) is 0 Å². The van der Waals surface area contributed by atoms with Crippen LogP contribution in [0.25, 0.3) is 0 Å². The number of nitrogens with one attached hydrogen (secondary N) is 1. The highest BCUT2D eigenvalue weighted by Gasteiger charge is 2.21. The third-order valence-electron chi connectivity index (χ3n) is 6.34. The summed E-state index contributed by atoms with van der Waals surface area (Å²) in [7, 11) is 0. The first-order chi connectivity index (χ1) is 17.2. The van der Waals surface area contributed by atoms with Crippen LogP contribution in [0, 0.1) is 0 Å². The predicted molar refractivity (Wildman–Crippen MR) is 123 cm³/mol.